The van der Waals surface area contributed by atoms with Crippen LogP contribution in [0.15, 0.2) is 35.4 Å². The highest BCUT2D eigenvalue weighted by molar-refractivity contribution is 7.99. The zero-order valence-electron chi connectivity index (χ0n) is 11.8. The third-order valence-electron chi connectivity index (χ3n) is 3.04. The third kappa shape index (κ3) is 3.77. The summed E-state index contributed by atoms with van der Waals surface area (Å²) in [6.07, 6.45) is 0.991. The van der Waals surface area contributed by atoms with Gasteiger partial charge in [-0.15, -0.1) is 11.8 Å². The molecule has 0 saturated heterocycles. The lowest BCUT2D eigenvalue weighted by atomic mass is 10.3. The number of H-pyrrole nitrogens is 1. The summed E-state index contributed by atoms with van der Waals surface area (Å²) in [6.45, 7) is 2.89. The molecular formula is C15H20N2O2S. The Balaban J connectivity index is 1.98. The Morgan fingerprint density at radius 2 is 2.25 bits per heavy atom. The van der Waals surface area contributed by atoms with Crippen LogP contribution < -0.4 is 5.32 Å². The molecule has 2 aromatic rings. The zero-order chi connectivity index (χ0) is 14.4. The Labute approximate surface area is 123 Å². The van der Waals surface area contributed by atoms with Crippen LogP contribution in [0.25, 0.3) is 10.9 Å². The number of aromatic amines is 1. The van der Waals surface area contributed by atoms with Gasteiger partial charge in [0.15, 0.2) is 0 Å². The van der Waals surface area contributed by atoms with Crippen molar-refractivity contribution in [3.8, 4) is 0 Å². The molecule has 1 unspecified atom stereocenters. The van der Waals surface area contributed by atoms with Crippen LogP contribution in [-0.2, 0) is 9.53 Å². The summed E-state index contributed by atoms with van der Waals surface area (Å²) < 4.78 is 4.83. The number of para-hydroxylation sites is 1. The van der Waals surface area contributed by atoms with Gasteiger partial charge >= 0.3 is 5.97 Å². The predicted molar refractivity (Wildman–Crippen MR) is 83.1 cm³/mol. The van der Waals surface area contributed by atoms with E-state index in [9.17, 15) is 4.79 Å². The number of carbonyl (C=O) groups is 1. The second kappa shape index (κ2) is 7.36. The monoisotopic (exact) mass is 292 g/mol. The van der Waals surface area contributed by atoms with Crippen molar-refractivity contribution in [1.29, 1.82) is 0 Å². The maximum absolute atomic E-state index is 11.7. The maximum Gasteiger partial charge on any atom is 0.323 e. The molecular weight excluding hydrogens is 272 g/mol. The molecule has 0 spiro atoms. The van der Waals surface area contributed by atoms with Crippen molar-refractivity contribution in [3.05, 3.63) is 30.3 Å². The van der Waals surface area contributed by atoms with Gasteiger partial charge in [0.05, 0.1) is 12.1 Å². The molecule has 0 aliphatic heterocycles. The lowest BCUT2D eigenvalue weighted by Gasteiger charge is -2.15. The molecule has 2 N–H and O–H groups in total. The number of rotatable bonds is 7. The first-order valence-electron chi connectivity index (χ1n) is 6.76. The van der Waals surface area contributed by atoms with E-state index in [2.05, 4.69) is 29.4 Å². The quantitative estimate of drug-likeness (QED) is 0.608. The Bertz CT molecular complexity index is 535. The van der Waals surface area contributed by atoms with Crippen molar-refractivity contribution in [1.82, 2.24) is 10.3 Å². The van der Waals surface area contributed by atoms with Crippen LogP contribution in [0.5, 0.6) is 0 Å². The summed E-state index contributed by atoms with van der Waals surface area (Å²) in [5.41, 5.74) is 1.12. The van der Waals surface area contributed by atoms with E-state index in [-0.39, 0.29) is 12.0 Å². The normalized spacial score (nSPS) is 12.5. The Hall–Kier alpha value is -1.46. The van der Waals surface area contributed by atoms with Crippen LogP contribution in [0.1, 0.15) is 13.3 Å². The molecule has 1 aromatic heterocycles. The van der Waals surface area contributed by atoms with Gasteiger partial charge in [0.25, 0.3) is 0 Å². The highest BCUT2D eigenvalue weighted by atomic mass is 32.2. The summed E-state index contributed by atoms with van der Waals surface area (Å²) in [5.74, 6) is 0.446. The van der Waals surface area contributed by atoms with Gasteiger partial charge in [-0.2, -0.15) is 0 Å². The fourth-order valence-corrected chi connectivity index (χ4v) is 2.96. The van der Waals surface area contributed by atoms with Gasteiger partial charge in [0.1, 0.15) is 6.04 Å². The summed E-state index contributed by atoms with van der Waals surface area (Å²) >= 11 is 1.63. The number of hydrogen-bond donors (Lipinski definition) is 2. The lowest BCUT2D eigenvalue weighted by Crippen LogP contribution is -2.40. The fraction of sp³-hybridized carbons (Fsp3) is 0.400. The second-order valence-electron chi connectivity index (χ2n) is 4.56. The zero-order valence-corrected chi connectivity index (χ0v) is 12.6. The van der Waals surface area contributed by atoms with Crippen molar-refractivity contribution in [2.24, 2.45) is 0 Å². The molecule has 1 atom stereocenters. The number of nitrogens with one attached hydrogen (secondary N) is 2. The number of esters is 1. The number of benzene rings is 1. The molecule has 4 nitrogen and oxygen atoms in total. The molecule has 0 radical (unpaired) electrons. The smallest absolute Gasteiger partial charge is 0.323 e. The van der Waals surface area contributed by atoms with Crippen LogP contribution in [0.3, 0.4) is 0 Å². The summed E-state index contributed by atoms with van der Waals surface area (Å²) in [4.78, 5) is 15.1. The highest BCUT2D eigenvalue weighted by Crippen LogP contribution is 2.23. The second-order valence-corrected chi connectivity index (χ2v) is 5.62. The SMILES string of the molecule is CCCNC(CSc1cc2ccccc2[nH]1)C(=O)OC. The molecule has 2 rings (SSSR count). The molecule has 0 saturated carbocycles. The van der Waals surface area contributed by atoms with E-state index < -0.39 is 0 Å². The van der Waals surface area contributed by atoms with Crippen molar-refractivity contribution in [3.63, 3.8) is 0 Å². The van der Waals surface area contributed by atoms with E-state index in [4.69, 9.17) is 4.74 Å². The van der Waals surface area contributed by atoms with Gasteiger partial charge in [-0.3, -0.25) is 4.79 Å². The van der Waals surface area contributed by atoms with E-state index in [0.29, 0.717) is 5.75 Å². The molecule has 5 heteroatoms. The van der Waals surface area contributed by atoms with E-state index in [1.807, 2.05) is 18.2 Å². The van der Waals surface area contributed by atoms with Gasteiger partial charge in [-0.1, -0.05) is 25.1 Å². The molecule has 0 bridgehead atoms. The Morgan fingerprint density at radius 1 is 1.45 bits per heavy atom. The molecule has 0 amide bonds. The molecule has 0 aliphatic rings. The van der Waals surface area contributed by atoms with Crippen LogP contribution in [0, 0.1) is 0 Å². The average molecular weight is 292 g/mol. The predicted octanol–water partition coefficient (Wildman–Crippen LogP) is 2.80. The average Bonchev–Trinajstić information content (AvgIpc) is 2.89. The number of aromatic nitrogens is 1. The van der Waals surface area contributed by atoms with Gasteiger partial charge in [-0.25, -0.2) is 0 Å². The van der Waals surface area contributed by atoms with Crippen LogP contribution in [0.4, 0.5) is 0 Å². The third-order valence-corrected chi connectivity index (χ3v) is 4.07. The van der Waals surface area contributed by atoms with Crippen LogP contribution >= 0.6 is 11.8 Å². The Morgan fingerprint density at radius 3 is 2.95 bits per heavy atom. The number of carbonyl (C=O) groups excluding carboxylic acids is 1. The van der Waals surface area contributed by atoms with Crippen molar-refractivity contribution < 1.29 is 9.53 Å². The molecule has 1 heterocycles. The van der Waals surface area contributed by atoms with Gasteiger partial charge in [-0.05, 0) is 25.1 Å². The minimum absolute atomic E-state index is 0.206. The molecule has 20 heavy (non-hydrogen) atoms. The Kier molecular flexibility index (Phi) is 5.49. The maximum atomic E-state index is 11.7. The number of hydrogen-bond acceptors (Lipinski definition) is 4. The number of fused-ring (bicyclic) bond motifs is 1. The first-order valence-corrected chi connectivity index (χ1v) is 7.75. The van der Waals surface area contributed by atoms with Gasteiger partial charge in [0.2, 0.25) is 0 Å². The topological polar surface area (TPSA) is 54.1 Å². The van der Waals surface area contributed by atoms with Crippen LogP contribution in [-0.4, -0.2) is 36.4 Å². The standard InChI is InChI=1S/C15H20N2O2S/c1-3-8-16-13(15(18)19-2)10-20-14-9-11-6-4-5-7-12(11)17-14/h4-7,9,13,16-17H,3,8,10H2,1-2H3. The van der Waals surface area contributed by atoms with E-state index in [0.717, 1.165) is 23.5 Å². The summed E-state index contributed by atoms with van der Waals surface area (Å²) in [6, 6.07) is 9.98. The van der Waals surface area contributed by atoms with Gasteiger partial charge < -0.3 is 15.0 Å². The lowest BCUT2D eigenvalue weighted by molar-refractivity contribution is -0.142. The minimum Gasteiger partial charge on any atom is -0.468 e. The van der Waals surface area contributed by atoms with Crippen molar-refractivity contribution in [2.45, 2.75) is 24.4 Å². The molecule has 0 aliphatic carbocycles. The number of thioether (sulfide) groups is 1. The van der Waals surface area contributed by atoms with Gasteiger partial charge in [0, 0.05) is 16.7 Å². The fourth-order valence-electron chi connectivity index (χ4n) is 1.97. The van der Waals surface area contributed by atoms with Crippen LogP contribution in [0.2, 0.25) is 0 Å². The van der Waals surface area contributed by atoms with E-state index >= 15 is 0 Å². The van der Waals surface area contributed by atoms with Crippen molar-refractivity contribution in [2.75, 3.05) is 19.4 Å². The highest BCUT2D eigenvalue weighted by Gasteiger charge is 2.18. The first kappa shape index (κ1) is 14.9. The molecule has 0 fully saturated rings. The van der Waals surface area contributed by atoms with Crippen molar-refractivity contribution >= 4 is 28.6 Å². The van der Waals surface area contributed by atoms with E-state index in [1.165, 1.54) is 12.5 Å². The molecule has 1 aromatic carbocycles. The first-order chi connectivity index (χ1) is 9.74. The summed E-state index contributed by atoms with van der Waals surface area (Å²) in [5, 5.41) is 5.47. The number of ether oxygens (including phenoxy) is 1. The largest absolute Gasteiger partial charge is 0.468 e. The number of methoxy groups -OCH3 is 1. The van der Waals surface area contributed by atoms with E-state index in [1.54, 1.807) is 11.8 Å². The summed E-state index contributed by atoms with van der Waals surface area (Å²) in [7, 11) is 1.43. The minimum atomic E-state index is -0.267. The molecule has 108 valence electrons.